The van der Waals surface area contributed by atoms with Crippen molar-refractivity contribution in [3.63, 3.8) is 0 Å². The van der Waals surface area contributed by atoms with Crippen LogP contribution in [-0.2, 0) is 16.2 Å². The number of hydrogen-bond acceptors (Lipinski definition) is 3. The molecule has 1 N–H and O–H groups in total. The zero-order valence-electron chi connectivity index (χ0n) is 11.5. The molecule has 0 unspecified atom stereocenters. The van der Waals surface area contributed by atoms with E-state index in [1.165, 1.54) is 4.31 Å². The van der Waals surface area contributed by atoms with E-state index in [1.54, 1.807) is 7.05 Å². The Kier molecular flexibility index (Phi) is 4.60. The summed E-state index contributed by atoms with van der Waals surface area (Å²) in [7, 11) is -1.98. The number of nitrogens with zero attached hydrogens (tertiary/aromatic N) is 1. The van der Waals surface area contributed by atoms with E-state index in [4.69, 9.17) is 0 Å². The van der Waals surface area contributed by atoms with Crippen LogP contribution in [0.4, 0.5) is 13.2 Å². The van der Waals surface area contributed by atoms with E-state index in [2.05, 4.69) is 5.32 Å². The van der Waals surface area contributed by atoms with E-state index in [9.17, 15) is 21.6 Å². The van der Waals surface area contributed by atoms with Gasteiger partial charge in [-0.1, -0.05) is 0 Å². The van der Waals surface area contributed by atoms with Crippen molar-refractivity contribution in [3.05, 3.63) is 29.8 Å². The average molecular weight is 322 g/mol. The first-order valence-corrected chi connectivity index (χ1v) is 8.04. The molecule has 0 spiro atoms. The van der Waals surface area contributed by atoms with Crippen LogP contribution >= 0.6 is 0 Å². The van der Waals surface area contributed by atoms with Gasteiger partial charge in [-0.05, 0) is 44.2 Å². The SMILES string of the molecule is CN[C@@H]1CCCN(S(=O)(=O)c2ccc(C(F)(F)F)cc2)C1. The molecule has 118 valence electrons. The smallest absolute Gasteiger partial charge is 0.316 e. The maximum absolute atomic E-state index is 12.5. The van der Waals surface area contributed by atoms with Crippen molar-refractivity contribution in [3.8, 4) is 0 Å². The minimum Gasteiger partial charge on any atom is -0.316 e. The minimum atomic E-state index is -4.47. The highest BCUT2D eigenvalue weighted by molar-refractivity contribution is 7.89. The third-order valence-corrected chi connectivity index (χ3v) is 5.49. The number of benzene rings is 1. The predicted octanol–water partition coefficient (Wildman–Crippen LogP) is 2.08. The largest absolute Gasteiger partial charge is 0.416 e. The molecule has 1 aromatic rings. The number of piperidine rings is 1. The summed E-state index contributed by atoms with van der Waals surface area (Å²) in [6.07, 6.45) is -2.86. The molecular weight excluding hydrogens is 305 g/mol. The van der Waals surface area contributed by atoms with E-state index in [-0.39, 0.29) is 10.9 Å². The number of sulfonamides is 1. The highest BCUT2D eigenvalue weighted by Crippen LogP contribution is 2.30. The lowest BCUT2D eigenvalue weighted by atomic mass is 10.1. The highest BCUT2D eigenvalue weighted by Gasteiger charge is 2.32. The predicted molar refractivity (Wildman–Crippen MR) is 72.3 cm³/mol. The quantitative estimate of drug-likeness (QED) is 0.927. The van der Waals surface area contributed by atoms with Crippen LogP contribution in [0.25, 0.3) is 0 Å². The van der Waals surface area contributed by atoms with Crippen molar-refractivity contribution in [2.24, 2.45) is 0 Å². The Bertz CT molecular complexity index is 584. The fourth-order valence-corrected chi connectivity index (χ4v) is 3.89. The maximum atomic E-state index is 12.5. The Balaban J connectivity index is 2.23. The molecule has 0 aromatic heterocycles. The highest BCUT2D eigenvalue weighted by atomic mass is 32.2. The van der Waals surface area contributed by atoms with Crippen molar-refractivity contribution in [1.82, 2.24) is 9.62 Å². The molecule has 1 atom stereocenters. The van der Waals surface area contributed by atoms with Crippen molar-refractivity contribution in [1.29, 1.82) is 0 Å². The molecule has 1 aliphatic heterocycles. The summed E-state index contributed by atoms with van der Waals surface area (Å²) in [6, 6.07) is 3.70. The molecule has 4 nitrogen and oxygen atoms in total. The van der Waals surface area contributed by atoms with E-state index in [0.717, 1.165) is 37.1 Å². The second-order valence-electron chi connectivity index (χ2n) is 5.01. The summed E-state index contributed by atoms with van der Waals surface area (Å²) in [6.45, 7) is 0.724. The number of likely N-dealkylation sites (N-methyl/N-ethyl adjacent to an activating group) is 1. The molecule has 21 heavy (non-hydrogen) atoms. The lowest BCUT2D eigenvalue weighted by molar-refractivity contribution is -0.137. The molecule has 1 aliphatic rings. The first-order chi connectivity index (χ1) is 9.75. The molecule has 0 amide bonds. The number of rotatable bonds is 3. The Labute approximate surface area is 122 Å². The molecular formula is C13H17F3N2O2S. The Hall–Kier alpha value is -1.12. The van der Waals surface area contributed by atoms with Gasteiger partial charge in [0.1, 0.15) is 0 Å². The topological polar surface area (TPSA) is 49.4 Å². The number of hydrogen-bond donors (Lipinski definition) is 1. The zero-order chi connectivity index (χ0) is 15.7. The van der Waals surface area contributed by atoms with Gasteiger partial charge in [0.05, 0.1) is 10.5 Å². The Morgan fingerprint density at radius 1 is 1.24 bits per heavy atom. The summed E-state index contributed by atoms with van der Waals surface area (Å²) < 4.78 is 63.7. The lowest BCUT2D eigenvalue weighted by Crippen LogP contribution is -2.46. The second kappa shape index (κ2) is 5.94. The molecule has 1 aromatic carbocycles. The van der Waals surface area contributed by atoms with Gasteiger partial charge in [0.25, 0.3) is 0 Å². The standard InChI is InChI=1S/C13H17F3N2O2S/c1-17-11-3-2-8-18(9-11)21(19,20)12-6-4-10(5-7-12)13(14,15)16/h4-7,11,17H,2-3,8-9H2,1H3/t11-/m1/s1. The van der Waals surface area contributed by atoms with Gasteiger partial charge < -0.3 is 5.32 Å². The van der Waals surface area contributed by atoms with E-state index < -0.39 is 21.8 Å². The molecule has 0 aliphatic carbocycles. The molecule has 8 heteroatoms. The third kappa shape index (κ3) is 3.56. The first kappa shape index (κ1) is 16.3. The molecule has 1 saturated heterocycles. The van der Waals surface area contributed by atoms with Crippen molar-refractivity contribution in [2.45, 2.75) is 30.0 Å². The van der Waals surface area contributed by atoms with Crippen LogP contribution in [0.1, 0.15) is 18.4 Å². The summed E-state index contributed by atoms with van der Waals surface area (Å²) in [5.41, 5.74) is -0.854. The van der Waals surface area contributed by atoms with Gasteiger partial charge in [-0.3, -0.25) is 0 Å². The minimum absolute atomic E-state index is 0.0722. The van der Waals surface area contributed by atoms with Crippen LogP contribution < -0.4 is 5.32 Å². The van der Waals surface area contributed by atoms with E-state index in [0.29, 0.717) is 13.1 Å². The van der Waals surface area contributed by atoms with Crippen LogP contribution in [0, 0.1) is 0 Å². The molecule has 2 rings (SSSR count). The van der Waals surface area contributed by atoms with Gasteiger partial charge in [0.15, 0.2) is 0 Å². The second-order valence-corrected chi connectivity index (χ2v) is 6.95. The maximum Gasteiger partial charge on any atom is 0.416 e. The summed E-state index contributed by atoms with van der Waals surface area (Å²) in [5, 5.41) is 3.03. The van der Waals surface area contributed by atoms with Gasteiger partial charge in [0.2, 0.25) is 10.0 Å². The van der Waals surface area contributed by atoms with Crippen molar-refractivity contribution >= 4 is 10.0 Å². The summed E-state index contributed by atoms with van der Waals surface area (Å²) in [5.74, 6) is 0. The van der Waals surface area contributed by atoms with E-state index in [1.807, 2.05) is 0 Å². The average Bonchev–Trinajstić information content (AvgIpc) is 2.46. The van der Waals surface area contributed by atoms with Crippen LogP contribution in [0.3, 0.4) is 0 Å². The Morgan fingerprint density at radius 3 is 2.38 bits per heavy atom. The van der Waals surface area contributed by atoms with Gasteiger partial charge in [-0.2, -0.15) is 17.5 Å². The first-order valence-electron chi connectivity index (χ1n) is 6.60. The third-order valence-electron chi connectivity index (χ3n) is 3.61. The fourth-order valence-electron chi connectivity index (χ4n) is 2.36. The molecule has 0 bridgehead atoms. The van der Waals surface area contributed by atoms with Crippen LogP contribution in [0.15, 0.2) is 29.2 Å². The summed E-state index contributed by atoms with van der Waals surface area (Å²) >= 11 is 0. The molecule has 0 radical (unpaired) electrons. The molecule has 1 heterocycles. The van der Waals surface area contributed by atoms with Gasteiger partial charge >= 0.3 is 6.18 Å². The van der Waals surface area contributed by atoms with Crippen molar-refractivity contribution < 1.29 is 21.6 Å². The van der Waals surface area contributed by atoms with Crippen LogP contribution in [-0.4, -0.2) is 38.9 Å². The van der Waals surface area contributed by atoms with Gasteiger partial charge in [0, 0.05) is 19.1 Å². The van der Waals surface area contributed by atoms with E-state index >= 15 is 0 Å². The summed E-state index contributed by atoms with van der Waals surface area (Å²) in [4.78, 5) is -0.104. The van der Waals surface area contributed by atoms with Crippen LogP contribution in [0.5, 0.6) is 0 Å². The van der Waals surface area contributed by atoms with Gasteiger partial charge in [-0.25, -0.2) is 8.42 Å². The molecule has 0 saturated carbocycles. The molecule has 1 fully saturated rings. The zero-order valence-corrected chi connectivity index (χ0v) is 12.3. The lowest BCUT2D eigenvalue weighted by Gasteiger charge is -2.31. The van der Waals surface area contributed by atoms with Crippen molar-refractivity contribution in [2.75, 3.05) is 20.1 Å². The number of alkyl halides is 3. The number of halogens is 3. The van der Waals surface area contributed by atoms with Gasteiger partial charge in [-0.15, -0.1) is 0 Å². The fraction of sp³-hybridized carbons (Fsp3) is 0.538. The Morgan fingerprint density at radius 2 is 1.86 bits per heavy atom. The monoisotopic (exact) mass is 322 g/mol. The normalized spacial score (nSPS) is 21.4. The number of nitrogens with one attached hydrogen (secondary N) is 1. The van der Waals surface area contributed by atoms with Crippen LogP contribution in [0.2, 0.25) is 0 Å².